The Bertz CT molecular complexity index is 1070. The Morgan fingerprint density at radius 2 is 2.07 bits per heavy atom. The van der Waals surface area contributed by atoms with Crippen molar-refractivity contribution in [3.8, 4) is 11.1 Å². The normalized spacial score (nSPS) is 15.6. The van der Waals surface area contributed by atoms with E-state index in [1.807, 2.05) is 18.2 Å². The second-order valence-corrected chi connectivity index (χ2v) is 6.90. The number of aromatic nitrogens is 1. The molecule has 3 N–H and O–H groups in total. The highest BCUT2D eigenvalue weighted by Gasteiger charge is 2.21. The molecule has 0 unspecified atom stereocenters. The number of nitrogens with zero attached hydrogens (tertiary/aromatic N) is 1. The third-order valence-electron chi connectivity index (χ3n) is 5.09. The molecule has 148 valence electrons. The standard InChI is InChI=1S/C22H19F2N3O2/c23-15-2-4-16(19(24)10-15)13-1-3-17-14(9-13)5-8-26-21(17)12-27-20-11-25-7-6-18(20)22(28)29/h1-4,6-7,9-11,21,26-27H,5,8,12H2,(H,28,29)/t21-/m1/s1. The summed E-state index contributed by atoms with van der Waals surface area (Å²) in [5, 5.41) is 15.9. The summed E-state index contributed by atoms with van der Waals surface area (Å²) in [6.07, 6.45) is 3.72. The van der Waals surface area contributed by atoms with Gasteiger partial charge in [-0.25, -0.2) is 13.6 Å². The van der Waals surface area contributed by atoms with Crippen LogP contribution in [0.5, 0.6) is 0 Å². The molecule has 4 rings (SSSR count). The predicted octanol–water partition coefficient (Wildman–Crippen LogP) is 4.02. The summed E-state index contributed by atoms with van der Waals surface area (Å²) in [4.78, 5) is 15.3. The number of carboxylic acid groups (broad SMARTS) is 1. The number of fused-ring (bicyclic) bond motifs is 1. The number of benzene rings is 2. The van der Waals surface area contributed by atoms with E-state index >= 15 is 0 Å². The van der Waals surface area contributed by atoms with Gasteiger partial charge < -0.3 is 15.7 Å². The summed E-state index contributed by atoms with van der Waals surface area (Å²) in [7, 11) is 0. The molecule has 3 aromatic rings. The van der Waals surface area contributed by atoms with Gasteiger partial charge in [0, 0.05) is 30.4 Å². The first kappa shape index (κ1) is 19.0. The molecule has 0 radical (unpaired) electrons. The van der Waals surface area contributed by atoms with Crippen LogP contribution < -0.4 is 10.6 Å². The Morgan fingerprint density at radius 1 is 1.21 bits per heavy atom. The minimum atomic E-state index is -1.02. The number of nitrogens with one attached hydrogen (secondary N) is 2. The van der Waals surface area contributed by atoms with Gasteiger partial charge in [0.25, 0.3) is 0 Å². The second kappa shape index (κ2) is 7.97. The fourth-order valence-electron chi connectivity index (χ4n) is 3.66. The maximum Gasteiger partial charge on any atom is 0.337 e. The molecule has 0 saturated carbocycles. The Balaban J connectivity index is 1.57. The Hall–Kier alpha value is -3.32. The van der Waals surface area contributed by atoms with Crippen molar-refractivity contribution in [2.24, 2.45) is 0 Å². The average molecular weight is 395 g/mol. The maximum absolute atomic E-state index is 14.1. The van der Waals surface area contributed by atoms with Crippen molar-refractivity contribution in [1.29, 1.82) is 0 Å². The molecule has 0 bridgehead atoms. The molecule has 2 aromatic carbocycles. The van der Waals surface area contributed by atoms with Crippen molar-refractivity contribution >= 4 is 11.7 Å². The molecule has 0 saturated heterocycles. The van der Waals surface area contributed by atoms with E-state index in [-0.39, 0.29) is 11.6 Å². The highest BCUT2D eigenvalue weighted by atomic mass is 19.1. The van der Waals surface area contributed by atoms with Gasteiger partial charge in [0.05, 0.1) is 17.4 Å². The van der Waals surface area contributed by atoms with E-state index in [0.29, 0.717) is 23.4 Å². The summed E-state index contributed by atoms with van der Waals surface area (Å²) in [6.45, 7) is 1.22. The van der Waals surface area contributed by atoms with Gasteiger partial charge in [-0.3, -0.25) is 4.98 Å². The molecule has 29 heavy (non-hydrogen) atoms. The molecule has 0 spiro atoms. The zero-order chi connectivity index (χ0) is 20.4. The summed E-state index contributed by atoms with van der Waals surface area (Å²) < 4.78 is 27.3. The number of carbonyl (C=O) groups is 1. The van der Waals surface area contributed by atoms with Crippen LogP contribution in [0.1, 0.15) is 27.5 Å². The fourth-order valence-corrected chi connectivity index (χ4v) is 3.66. The molecule has 0 amide bonds. The van der Waals surface area contributed by atoms with E-state index in [2.05, 4.69) is 15.6 Å². The van der Waals surface area contributed by atoms with Crippen LogP contribution in [0.3, 0.4) is 0 Å². The van der Waals surface area contributed by atoms with Crippen molar-refractivity contribution in [2.45, 2.75) is 12.5 Å². The monoisotopic (exact) mass is 395 g/mol. The summed E-state index contributed by atoms with van der Waals surface area (Å²) in [6, 6.07) is 10.7. The number of hydrogen-bond acceptors (Lipinski definition) is 4. The minimum Gasteiger partial charge on any atom is -0.478 e. The molecular weight excluding hydrogens is 376 g/mol. The SMILES string of the molecule is O=C(O)c1ccncc1NC[C@H]1NCCc2cc(-c3ccc(F)cc3F)ccc21. The molecule has 2 heterocycles. The van der Waals surface area contributed by atoms with E-state index in [1.54, 1.807) is 0 Å². The van der Waals surface area contributed by atoms with Crippen LogP contribution in [-0.4, -0.2) is 29.1 Å². The predicted molar refractivity (Wildman–Crippen MR) is 106 cm³/mol. The van der Waals surface area contributed by atoms with E-state index in [0.717, 1.165) is 30.2 Å². The number of hydrogen-bond donors (Lipinski definition) is 3. The van der Waals surface area contributed by atoms with Crippen molar-refractivity contribution < 1.29 is 18.7 Å². The van der Waals surface area contributed by atoms with Crippen molar-refractivity contribution in [2.75, 3.05) is 18.4 Å². The van der Waals surface area contributed by atoms with Gasteiger partial charge in [-0.05, 0) is 47.9 Å². The Morgan fingerprint density at radius 3 is 2.86 bits per heavy atom. The third-order valence-corrected chi connectivity index (χ3v) is 5.09. The average Bonchev–Trinajstić information content (AvgIpc) is 2.72. The number of halogens is 2. The molecule has 7 heteroatoms. The van der Waals surface area contributed by atoms with E-state index in [4.69, 9.17) is 0 Å². The molecule has 0 aliphatic carbocycles. The molecule has 5 nitrogen and oxygen atoms in total. The Kier molecular flexibility index (Phi) is 5.22. The van der Waals surface area contributed by atoms with Crippen LogP contribution in [0, 0.1) is 11.6 Å². The quantitative estimate of drug-likeness (QED) is 0.608. The van der Waals surface area contributed by atoms with Crippen LogP contribution in [-0.2, 0) is 6.42 Å². The van der Waals surface area contributed by atoms with E-state index in [1.165, 1.54) is 30.6 Å². The van der Waals surface area contributed by atoms with Gasteiger partial charge in [-0.1, -0.05) is 18.2 Å². The zero-order valence-corrected chi connectivity index (χ0v) is 15.5. The lowest BCUT2D eigenvalue weighted by Crippen LogP contribution is -2.34. The maximum atomic E-state index is 14.1. The second-order valence-electron chi connectivity index (χ2n) is 6.90. The first-order valence-corrected chi connectivity index (χ1v) is 9.26. The molecule has 1 aliphatic heterocycles. The number of rotatable bonds is 5. The van der Waals surface area contributed by atoms with Crippen LogP contribution >= 0.6 is 0 Å². The van der Waals surface area contributed by atoms with Crippen LogP contribution in [0.2, 0.25) is 0 Å². The van der Waals surface area contributed by atoms with Gasteiger partial charge >= 0.3 is 5.97 Å². The number of pyridine rings is 1. The van der Waals surface area contributed by atoms with Crippen molar-refractivity contribution in [1.82, 2.24) is 10.3 Å². The highest BCUT2D eigenvalue weighted by molar-refractivity contribution is 5.93. The smallest absolute Gasteiger partial charge is 0.337 e. The zero-order valence-electron chi connectivity index (χ0n) is 15.5. The molecule has 0 fully saturated rings. The van der Waals surface area contributed by atoms with Crippen molar-refractivity contribution in [3.05, 3.63) is 83.2 Å². The van der Waals surface area contributed by atoms with Crippen molar-refractivity contribution in [3.63, 3.8) is 0 Å². The fraction of sp³-hybridized carbons (Fsp3) is 0.182. The van der Waals surface area contributed by atoms with E-state index < -0.39 is 17.6 Å². The van der Waals surface area contributed by atoms with Gasteiger partial charge in [0.1, 0.15) is 11.6 Å². The van der Waals surface area contributed by atoms with Gasteiger partial charge in [0.15, 0.2) is 0 Å². The number of carboxylic acids is 1. The lowest BCUT2D eigenvalue weighted by molar-refractivity contribution is 0.0697. The van der Waals surface area contributed by atoms with Gasteiger partial charge in [0.2, 0.25) is 0 Å². The first-order chi connectivity index (χ1) is 14.0. The van der Waals surface area contributed by atoms with E-state index in [9.17, 15) is 18.7 Å². The molecule has 1 atom stereocenters. The molecular formula is C22H19F2N3O2. The topological polar surface area (TPSA) is 74.2 Å². The van der Waals surface area contributed by atoms with Crippen LogP contribution in [0.4, 0.5) is 14.5 Å². The first-order valence-electron chi connectivity index (χ1n) is 9.26. The van der Waals surface area contributed by atoms with Crippen LogP contribution in [0.15, 0.2) is 54.9 Å². The highest BCUT2D eigenvalue weighted by Crippen LogP contribution is 2.30. The summed E-state index contributed by atoms with van der Waals surface area (Å²) in [5.74, 6) is -2.21. The van der Waals surface area contributed by atoms with Gasteiger partial charge in [-0.2, -0.15) is 0 Å². The lowest BCUT2D eigenvalue weighted by atomic mass is 9.90. The Labute approximate surface area is 166 Å². The third kappa shape index (κ3) is 3.95. The lowest BCUT2D eigenvalue weighted by Gasteiger charge is -2.28. The number of anilines is 1. The van der Waals surface area contributed by atoms with Crippen LogP contribution in [0.25, 0.3) is 11.1 Å². The molecule has 1 aliphatic rings. The molecule has 1 aromatic heterocycles. The number of aromatic carboxylic acids is 1. The largest absolute Gasteiger partial charge is 0.478 e. The summed E-state index contributed by atoms with van der Waals surface area (Å²) >= 11 is 0. The minimum absolute atomic E-state index is 0.0345. The van der Waals surface area contributed by atoms with Gasteiger partial charge in [-0.15, -0.1) is 0 Å². The summed E-state index contributed by atoms with van der Waals surface area (Å²) in [5.41, 5.74) is 3.84.